The Hall–Kier alpha value is -1.38. The van der Waals surface area contributed by atoms with Crippen LogP contribution in [-0.4, -0.2) is 10.8 Å². The Morgan fingerprint density at radius 2 is 1.93 bits per heavy atom. The van der Waals surface area contributed by atoms with Gasteiger partial charge in [-0.25, -0.2) is 4.98 Å². The van der Waals surface area contributed by atoms with E-state index in [0.717, 1.165) is 11.3 Å². The van der Waals surface area contributed by atoms with Crippen molar-refractivity contribution in [3.8, 4) is 0 Å². The third-order valence-electron chi connectivity index (χ3n) is 2.38. The number of pyridine rings is 1. The number of aryl methyl sites for hydroxylation is 1. The highest BCUT2D eigenvalue weighted by Crippen LogP contribution is 2.27. The first-order chi connectivity index (χ1) is 6.73. The summed E-state index contributed by atoms with van der Waals surface area (Å²) in [4.78, 5) is 15.5. The van der Waals surface area contributed by atoms with Crippen LogP contribution in [0.1, 0.15) is 49.4 Å². The molecule has 0 unspecified atom stereocenters. The largest absolute Gasteiger partial charge is 0.397 e. The van der Waals surface area contributed by atoms with Crippen LogP contribution in [0.2, 0.25) is 0 Å². The third kappa shape index (κ3) is 2.35. The van der Waals surface area contributed by atoms with E-state index in [1.54, 1.807) is 0 Å². The summed E-state index contributed by atoms with van der Waals surface area (Å²) in [6, 6.07) is 1.86. The number of ketones is 1. The highest BCUT2D eigenvalue weighted by atomic mass is 16.1. The summed E-state index contributed by atoms with van der Waals surface area (Å²) in [5.74, 6) is -0.0870. The SMILES string of the molecule is CC(=O)c1nc(C)c(C(C)(C)C)cc1N. The monoisotopic (exact) mass is 206 g/mol. The van der Waals surface area contributed by atoms with Crippen molar-refractivity contribution in [1.29, 1.82) is 0 Å². The van der Waals surface area contributed by atoms with Crippen LogP contribution in [0.15, 0.2) is 6.07 Å². The maximum absolute atomic E-state index is 11.2. The molecule has 0 aromatic carbocycles. The van der Waals surface area contributed by atoms with Gasteiger partial charge in [0.05, 0.1) is 5.69 Å². The molecule has 0 saturated heterocycles. The van der Waals surface area contributed by atoms with Crippen LogP contribution in [-0.2, 0) is 5.41 Å². The molecule has 1 aromatic rings. The van der Waals surface area contributed by atoms with E-state index in [4.69, 9.17) is 5.73 Å². The zero-order valence-corrected chi connectivity index (χ0v) is 10.0. The smallest absolute Gasteiger partial charge is 0.180 e. The average molecular weight is 206 g/mol. The van der Waals surface area contributed by atoms with Gasteiger partial charge in [0.2, 0.25) is 0 Å². The predicted molar refractivity (Wildman–Crippen MR) is 62.1 cm³/mol. The molecule has 0 spiro atoms. The molecular weight excluding hydrogens is 188 g/mol. The number of hydrogen-bond acceptors (Lipinski definition) is 3. The fourth-order valence-corrected chi connectivity index (χ4v) is 1.66. The summed E-state index contributed by atoms with van der Waals surface area (Å²) < 4.78 is 0. The van der Waals surface area contributed by atoms with Gasteiger partial charge in [0.15, 0.2) is 5.78 Å². The summed E-state index contributed by atoms with van der Waals surface area (Å²) >= 11 is 0. The minimum absolute atomic E-state index is 0.000518. The number of anilines is 1. The lowest BCUT2D eigenvalue weighted by Crippen LogP contribution is -2.16. The van der Waals surface area contributed by atoms with E-state index in [1.807, 2.05) is 13.0 Å². The third-order valence-corrected chi connectivity index (χ3v) is 2.38. The van der Waals surface area contributed by atoms with Gasteiger partial charge in [0, 0.05) is 12.6 Å². The van der Waals surface area contributed by atoms with Gasteiger partial charge in [-0.2, -0.15) is 0 Å². The second kappa shape index (κ2) is 3.65. The van der Waals surface area contributed by atoms with Gasteiger partial charge in [0.25, 0.3) is 0 Å². The quantitative estimate of drug-likeness (QED) is 0.718. The van der Waals surface area contributed by atoms with Crippen molar-refractivity contribution in [1.82, 2.24) is 4.98 Å². The van der Waals surface area contributed by atoms with Crippen LogP contribution < -0.4 is 5.73 Å². The van der Waals surface area contributed by atoms with Crippen molar-refractivity contribution < 1.29 is 4.79 Å². The van der Waals surface area contributed by atoms with Crippen molar-refractivity contribution in [3.63, 3.8) is 0 Å². The summed E-state index contributed by atoms with van der Waals surface area (Å²) in [6.45, 7) is 9.69. The predicted octanol–water partition coefficient (Wildman–Crippen LogP) is 2.47. The lowest BCUT2D eigenvalue weighted by atomic mass is 9.85. The fourth-order valence-electron chi connectivity index (χ4n) is 1.66. The molecule has 1 rings (SSSR count). The summed E-state index contributed by atoms with van der Waals surface area (Å²) in [5.41, 5.74) is 8.62. The first kappa shape index (κ1) is 11.7. The lowest BCUT2D eigenvalue weighted by Gasteiger charge is -2.22. The topological polar surface area (TPSA) is 56.0 Å². The Morgan fingerprint density at radius 1 is 1.40 bits per heavy atom. The number of Topliss-reactive ketones (excluding diaryl/α,β-unsaturated/α-hetero) is 1. The maximum Gasteiger partial charge on any atom is 0.180 e. The molecule has 0 saturated carbocycles. The fraction of sp³-hybridized carbons (Fsp3) is 0.500. The van der Waals surface area contributed by atoms with Gasteiger partial charge in [-0.15, -0.1) is 0 Å². The van der Waals surface area contributed by atoms with Crippen molar-refractivity contribution in [2.75, 3.05) is 5.73 Å². The molecular formula is C12H18N2O. The summed E-state index contributed by atoms with van der Waals surface area (Å²) in [5, 5.41) is 0. The number of aromatic nitrogens is 1. The van der Waals surface area contributed by atoms with Crippen LogP contribution in [0.3, 0.4) is 0 Å². The zero-order chi connectivity index (χ0) is 11.8. The van der Waals surface area contributed by atoms with Crippen LogP contribution in [0.4, 0.5) is 5.69 Å². The molecule has 3 nitrogen and oxygen atoms in total. The number of hydrogen-bond donors (Lipinski definition) is 1. The Labute approximate surface area is 90.7 Å². The van der Waals surface area contributed by atoms with Gasteiger partial charge in [-0.05, 0) is 24.0 Å². The first-order valence-corrected chi connectivity index (χ1v) is 5.02. The number of nitrogen functional groups attached to an aromatic ring is 1. The highest BCUT2D eigenvalue weighted by molar-refractivity contribution is 5.97. The zero-order valence-electron chi connectivity index (χ0n) is 10.0. The van der Waals surface area contributed by atoms with E-state index in [2.05, 4.69) is 25.8 Å². The molecule has 82 valence electrons. The molecule has 2 N–H and O–H groups in total. The Balaban J connectivity index is 3.39. The van der Waals surface area contributed by atoms with Crippen molar-refractivity contribution in [2.45, 2.75) is 40.0 Å². The van der Waals surface area contributed by atoms with E-state index >= 15 is 0 Å². The van der Waals surface area contributed by atoms with Crippen LogP contribution >= 0.6 is 0 Å². The van der Waals surface area contributed by atoms with E-state index in [-0.39, 0.29) is 11.2 Å². The summed E-state index contributed by atoms with van der Waals surface area (Å²) in [7, 11) is 0. The standard InChI is InChI=1S/C12H18N2O/c1-7-9(12(3,4)5)6-10(13)11(14-7)8(2)15/h6H,13H2,1-5H3. The average Bonchev–Trinajstić information content (AvgIpc) is 2.06. The van der Waals surface area contributed by atoms with Crippen molar-refractivity contribution >= 4 is 11.5 Å². The first-order valence-electron chi connectivity index (χ1n) is 5.02. The van der Waals surface area contributed by atoms with Crippen molar-refractivity contribution in [2.24, 2.45) is 0 Å². The molecule has 1 heterocycles. The van der Waals surface area contributed by atoms with Gasteiger partial charge >= 0.3 is 0 Å². The van der Waals surface area contributed by atoms with Gasteiger partial charge < -0.3 is 5.73 Å². The molecule has 0 radical (unpaired) electrons. The minimum atomic E-state index is -0.0870. The Bertz CT molecular complexity index is 403. The number of carbonyl (C=O) groups is 1. The molecule has 15 heavy (non-hydrogen) atoms. The molecule has 0 bridgehead atoms. The van der Waals surface area contributed by atoms with Crippen LogP contribution in [0.25, 0.3) is 0 Å². The molecule has 0 aliphatic carbocycles. The van der Waals surface area contributed by atoms with Gasteiger partial charge in [-0.3, -0.25) is 4.79 Å². The van der Waals surface area contributed by atoms with E-state index in [9.17, 15) is 4.79 Å². The number of carbonyl (C=O) groups excluding carboxylic acids is 1. The van der Waals surface area contributed by atoms with Gasteiger partial charge in [-0.1, -0.05) is 20.8 Å². The molecule has 0 fully saturated rings. The van der Waals surface area contributed by atoms with E-state index in [1.165, 1.54) is 6.92 Å². The molecule has 0 aliphatic heterocycles. The minimum Gasteiger partial charge on any atom is -0.397 e. The molecule has 0 atom stereocenters. The lowest BCUT2D eigenvalue weighted by molar-refractivity contribution is 0.101. The Morgan fingerprint density at radius 3 is 2.33 bits per heavy atom. The van der Waals surface area contributed by atoms with Gasteiger partial charge in [0.1, 0.15) is 5.69 Å². The Kier molecular flexibility index (Phi) is 2.84. The molecule has 0 amide bonds. The normalized spacial score (nSPS) is 11.5. The van der Waals surface area contributed by atoms with E-state index < -0.39 is 0 Å². The number of rotatable bonds is 1. The molecule has 3 heteroatoms. The highest BCUT2D eigenvalue weighted by Gasteiger charge is 2.19. The van der Waals surface area contributed by atoms with Crippen LogP contribution in [0.5, 0.6) is 0 Å². The molecule has 1 aromatic heterocycles. The maximum atomic E-state index is 11.2. The van der Waals surface area contributed by atoms with E-state index in [0.29, 0.717) is 11.4 Å². The number of nitrogens with zero attached hydrogens (tertiary/aromatic N) is 1. The van der Waals surface area contributed by atoms with Crippen molar-refractivity contribution in [3.05, 3.63) is 23.0 Å². The molecule has 0 aliphatic rings. The summed E-state index contributed by atoms with van der Waals surface area (Å²) in [6.07, 6.45) is 0. The number of nitrogens with two attached hydrogens (primary N) is 1. The second-order valence-electron chi connectivity index (χ2n) is 4.87. The van der Waals surface area contributed by atoms with Crippen LogP contribution in [0, 0.1) is 6.92 Å². The second-order valence-corrected chi connectivity index (χ2v) is 4.87.